The fourth-order valence-corrected chi connectivity index (χ4v) is 4.54. The Morgan fingerprint density at radius 2 is 1.73 bits per heavy atom. The lowest BCUT2D eigenvalue weighted by Gasteiger charge is -2.30. The molecule has 5 nitrogen and oxygen atoms in total. The Morgan fingerprint density at radius 3 is 2.52 bits per heavy atom. The number of carbonyl (C=O) groups excluding carboxylic acids is 1. The van der Waals surface area contributed by atoms with Crippen LogP contribution >= 0.6 is 11.8 Å². The average Bonchev–Trinajstić information content (AvgIpc) is 2.85. The van der Waals surface area contributed by atoms with Gasteiger partial charge in [-0.2, -0.15) is 0 Å². The predicted octanol–water partition coefficient (Wildman–Crippen LogP) is 5.66. The molecular formula is C27H27NO4S. The zero-order chi connectivity index (χ0) is 22.9. The summed E-state index contributed by atoms with van der Waals surface area (Å²) in [6, 6.07) is 25.3. The maximum Gasteiger partial charge on any atom is 0.374 e. The molecule has 0 unspecified atom stereocenters. The number of benzene rings is 3. The van der Waals surface area contributed by atoms with E-state index in [9.17, 15) is 4.79 Å². The lowest BCUT2D eigenvalue weighted by Crippen LogP contribution is -2.33. The first-order chi connectivity index (χ1) is 16.2. The van der Waals surface area contributed by atoms with E-state index < -0.39 is 5.97 Å². The Kier molecular flexibility index (Phi) is 7.93. The Morgan fingerprint density at radius 1 is 0.970 bits per heavy atom. The van der Waals surface area contributed by atoms with E-state index in [1.54, 1.807) is 25.1 Å². The van der Waals surface area contributed by atoms with Crippen molar-refractivity contribution in [3.05, 3.63) is 90.2 Å². The Labute approximate surface area is 199 Å². The molecule has 0 radical (unpaired) electrons. The zero-order valence-electron chi connectivity index (χ0n) is 18.6. The minimum atomic E-state index is -0.498. The maximum atomic E-state index is 12.4. The van der Waals surface area contributed by atoms with Gasteiger partial charge in [-0.25, -0.2) is 4.79 Å². The molecule has 1 aliphatic heterocycles. The van der Waals surface area contributed by atoms with Crippen LogP contribution in [0.2, 0.25) is 0 Å². The second-order valence-electron chi connectivity index (χ2n) is 7.36. The summed E-state index contributed by atoms with van der Waals surface area (Å²) in [5.41, 5.74) is 2.10. The Hall–Kier alpha value is -3.38. The molecule has 3 aromatic rings. The van der Waals surface area contributed by atoms with Crippen molar-refractivity contribution in [1.29, 1.82) is 0 Å². The third-order valence-corrected chi connectivity index (χ3v) is 6.12. The van der Waals surface area contributed by atoms with Gasteiger partial charge in [0.05, 0.1) is 18.8 Å². The highest BCUT2D eigenvalue weighted by Crippen LogP contribution is 2.34. The number of thioether (sulfide) groups is 1. The maximum absolute atomic E-state index is 12.4. The number of hydrogen-bond acceptors (Lipinski definition) is 6. The van der Waals surface area contributed by atoms with E-state index in [0.29, 0.717) is 12.4 Å². The molecule has 3 aromatic carbocycles. The van der Waals surface area contributed by atoms with E-state index in [0.717, 1.165) is 30.2 Å². The molecule has 1 heterocycles. The van der Waals surface area contributed by atoms with Crippen molar-refractivity contribution >= 4 is 29.5 Å². The van der Waals surface area contributed by atoms with Gasteiger partial charge in [-0.15, -0.1) is 11.8 Å². The van der Waals surface area contributed by atoms with Crippen LogP contribution in [-0.4, -0.2) is 38.0 Å². The number of anilines is 1. The van der Waals surface area contributed by atoms with Crippen molar-refractivity contribution in [2.45, 2.75) is 11.8 Å². The number of fused-ring (bicyclic) bond motifs is 1. The third kappa shape index (κ3) is 6.33. The van der Waals surface area contributed by atoms with E-state index in [4.69, 9.17) is 14.2 Å². The smallest absolute Gasteiger partial charge is 0.374 e. The molecule has 33 heavy (non-hydrogen) atoms. The highest BCUT2D eigenvalue weighted by atomic mass is 32.2. The van der Waals surface area contributed by atoms with Gasteiger partial charge in [-0.3, -0.25) is 0 Å². The van der Waals surface area contributed by atoms with Crippen molar-refractivity contribution < 1.29 is 19.0 Å². The molecular weight excluding hydrogens is 434 g/mol. The van der Waals surface area contributed by atoms with Crippen molar-refractivity contribution in [3.8, 4) is 11.5 Å². The summed E-state index contributed by atoms with van der Waals surface area (Å²) in [6.45, 7) is 4.50. The van der Waals surface area contributed by atoms with E-state index in [2.05, 4.69) is 29.2 Å². The van der Waals surface area contributed by atoms with Crippen LogP contribution in [0.4, 0.5) is 5.69 Å². The Bertz CT molecular complexity index is 1080. The summed E-state index contributed by atoms with van der Waals surface area (Å²) >= 11 is 1.90. The summed E-state index contributed by atoms with van der Waals surface area (Å²) in [6.07, 6.45) is 1.68. The summed E-state index contributed by atoms with van der Waals surface area (Å²) in [5.74, 6) is 2.09. The second kappa shape index (κ2) is 11.5. The van der Waals surface area contributed by atoms with E-state index in [1.165, 1.54) is 10.6 Å². The van der Waals surface area contributed by atoms with Crippen molar-refractivity contribution in [2.24, 2.45) is 0 Å². The summed E-state index contributed by atoms with van der Waals surface area (Å²) < 4.78 is 16.9. The van der Waals surface area contributed by atoms with Crippen LogP contribution in [0.25, 0.3) is 6.08 Å². The minimum absolute atomic E-state index is 0.137. The monoisotopic (exact) mass is 461 g/mol. The topological polar surface area (TPSA) is 48.0 Å². The highest BCUT2D eigenvalue weighted by Gasteiger charge is 2.16. The van der Waals surface area contributed by atoms with E-state index >= 15 is 0 Å². The molecule has 4 rings (SSSR count). The molecule has 0 atom stereocenters. The van der Waals surface area contributed by atoms with E-state index in [-0.39, 0.29) is 12.4 Å². The molecule has 170 valence electrons. The fraction of sp³-hybridized carbons (Fsp3) is 0.222. The number of hydrogen-bond donors (Lipinski definition) is 0. The normalized spacial score (nSPS) is 13.2. The standard InChI is InChI=1S/C27H27NO4S/c1-2-30-27(29)25(32-23-8-4-3-5-9-23)20-21-12-14-22(15-13-21)31-18-16-28-17-19-33-26-11-7-6-10-24(26)28/h3-15,20H,2,16-19H2,1H3/b25-20+. The molecule has 0 fully saturated rings. The molecule has 0 spiro atoms. The first-order valence-electron chi connectivity index (χ1n) is 11.0. The van der Waals surface area contributed by atoms with Gasteiger partial charge in [0, 0.05) is 17.2 Å². The first kappa shape index (κ1) is 22.8. The predicted molar refractivity (Wildman–Crippen MR) is 133 cm³/mol. The summed E-state index contributed by atoms with van der Waals surface area (Å²) in [4.78, 5) is 16.1. The molecule has 1 aliphatic rings. The second-order valence-corrected chi connectivity index (χ2v) is 8.50. The molecule has 0 amide bonds. The van der Waals surface area contributed by atoms with Gasteiger partial charge in [0.15, 0.2) is 0 Å². The van der Waals surface area contributed by atoms with Crippen molar-refractivity contribution in [3.63, 3.8) is 0 Å². The molecule has 6 heteroatoms. The number of carbonyl (C=O) groups is 1. The van der Waals surface area contributed by atoms with Crippen LogP contribution in [0, 0.1) is 0 Å². The number of rotatable bonds is 9. The van der Waals surface area contributed by atoms with Crippen LogP contribution < -0.4 is 14.4 Å². The molecule has 0 bridgehead atoms. The third-order valence-electron chi connectivity index (χ3n) is 5.08. The summed E-state index contributed by atoms with van der Waals surface area (Å²) in [5, 5.41) is 0. The van der Waals surface area contributed by atoms with E-state index in [1.807, 2.05) is 54.2 Å². The van der Waals surface area contributed by atoms with Crippen LogP contribution in [-0.2, 0) is 9.53 Å². The lowest BCUT2D eigenvalue weighted by atomic mass is 10.2. The number of esters is 1. The van der Waals surface area contributed by atoms with Crippen LogP contribution in [0.3, 0.4) is 0 Å². The number of nitrogens with zero attached hydrogens (tertiary/aromatic N) is 1. The van der Waals surface area contributed by atoms with Crippen molar-refractivity contribution in [1.82, 2.24) is 0 Å². The van der Waals surface area contributed by atoms with Gasteiger partial charge < -0.3 is 19.1 Å². The minimum Gasteiger partial charge on any atom is -0.492 e. The van der Waals surface area contributed by atoms with Gasteiger partial charge in [0.1, 0.15) is 18.1 Å². The van der Waals surface area contributed by atoms with Gasteiger partial charge in [-0.05, 0) is 55.0 Å². The van der Waals surface area contributed by atoms with Crippen LogP contribution in [0.15, 0.2) is 89.5 Å². The molecule has 0 saturated heterocycles. The quantitative estimate of drug-likeness (QED) is 0.233. The van der Waals surface area contributed by atoms with Crippen LogP contribution in [0.5, 0.6) is 11.5 Å². The number of ether oxygens (including phenoxy) is 3. The molecule has 0 aromatic heterocycles. The van der Waals surface area contributed by atoms with Crippen LogP contribution in [0.1, 0.15) is 12.5 Å². The van der Waals surface area contributed by atoms with Gasteiger partial charge >= 0.3 is 5.97 Å². The fourth-order valence-electron chi connectivity index (χ4n) is 3.49. The largest absolute Gasteiger partial charge is 0.492 e. The van der Waals surface area contributed by atoms with Gasteiger partial charge in [0.2, 0.25) is 5.76 Å². The van der Waals surface area contributed by atoms with Gasteiger partial charge in [0.25, 0.3) is 0 Å². The average molecular weight is 462 g/mol. The zero-order valence-corrected chi connectivity index (χ0v) is 19.4. The molecule has 0 N–H and O–H groups in total. The van der Waals surface area contributed by atoms with Gasteiger partial charge in [-0.1, -0.05) is 42.5 Å². The Balaban J connectivity index is 1.37. The first-order valence-corrected chi connectivity index (χ1v) is 12.0. The summed E-state index contributed by atoms with van der Waals surface area (Å²) in [7, 11) is 0. The number of para-hydroxylation sites is 2. The lowest BCUT2D eigenvalue weighted by molar-refractivity contribution is -0.140. The van der Waals surface area contributed by atoms with Crippen molar-refractivity contribution in [2.75, 3.05) is 37.0 Å². The SMILES string of the molecule is CCOC(=O)/C(=C\c1ccc(OCCN2CCSc3ccccc32)cc1)Oc1ccccc1. The molecule has 0 saturated carbocycles. The highest BCUT2D eigenvalue weighted by molar-refractivity contribution is 7.99. The molecule has 0 aliphatic carbocycles.